The van der Waals surface area contributed by atoms with Crippen LogP contribution in [0, 0.1) is 0 Å². The summed E-state index contributed by atoms with van der Waals surface area (Å²) < 4.78 is 21.6. The molecule has 9 nitrogen and oxygen atoms in total. The summed E-state index contributed by atoms with van der Waals surface area (Å²) in [7, 11) is 1.29. The molecule has 0 fully saturated rings. The van der Waals surface area contributed by atoms with Crippen molar-refractivity contribution in [2.45, 2.75) is 13.3 Å². The van der Waals surface area contributed by atoms with E-state index < -0.39 is 11.9 Å². The summed E-state index contributed by atoms with van der Waals surface area (Å²) in [5, 5.41) is 4.94. The van der Waals surface area contributed by atoms with Gasteiger partial charge in [0, 0.05) is 17.1 Å². The smallest absolute Gasteiger partial charge is 0.343 e. The zero-order valence-corrected chi connectivity index (χ0v) is 19.7. The standard InChI is InChI=1S/C26H27N3O6/c1-4-8-20-13-18(14-22(33-5-2)26(20)35-17-24(31)32-3)15-28-29-23(30)16-34-21-11-6-9-19-10-7-12-27-25(19)21/h4,6-7,9-15H,1,5,8,16-17H2,2-3H3,(H,29,30)/b28-15+. The molecule has 0 saturated heterocycles. The zero-order chi connectivity index (χ0) is 25.0. The number of para-hydroxylation sites is 1. The second-order valence-electron chi connectivity index (χ2n) is 7.21. The highest BCUT2D eigenvalue weighted by molar-refractivity contribution is 5.86. The van der Waals surface area contributed by atoms with Crippen molar-refractivity contribution in [3.63, 3.8) is 0 Å². The molecule has 0 spiro atoms. The van der Waals surface area contributed by atoms with Crippen LogP contribution in [-0.4, -0.2) is 50.0 Å². The molecule has 35 heavy (non-hydrogen) atoms. The normalized spacial score (nSPS) is 10.7. The third-order valence-corrected chi connectivity index (χ3v) is 4.74. The van der Waals surface area contributed by atoms with Gasteiger partial charge in [-0.2, -0.15) is 5.10 Å². The molecular weight excluding hydrogens is 450 g/mol. The van der Waals surface area contributed by atoms with Gasteiger partial charge in [-0.3, -0.25) is 9.78 Å². The SMILES string of the molecule is C=CCc1cc(/C=N/NC(=O)COc2cccc3cccnc23)cc(OCC)c1OCC(=O)OC. The number of fused-ring (bicyclic) bond motifs is 1. The van der Waals surface area contributed by atoms with Crippen LogP contribution in [0.5, 0.6) is 17.2 Å². The minimum atomic E-state index is -0.508. The first kappa shape index (κ1) is 25.2. The van der Waals surface area contributed by atoms with Gasteiger partial charge in [0.05, 0.1) is 19.9 Å². The van der Waals surface area contributed by atoms with Crippen molar-refractivity contribution in [1.29, 1.82) is 0 Å². The second kappa shape index (κ2) is 12.7. The van der Waals surface area contributed by atoms with Crippen LogP contribution >= 0.6 is 0 Å². The van der Waals surface area contributed by atoms with Crippen molar-refractivity contribution in [2.24, 2.45) is 5.10 Å². The first-order valence-electron chi connectivity index (χ1n) is 10.9. The highest BCUT2D eigenvalue weighted by Crippen LogP contribution is 2.33. The summed E-state index contributed by atoms with van der Waals surface area (Å²) in [6.07, 6.45) is 5.33. The summed E-state index contributed by atoms with van der Waals surface area (Å²) in [6, 6.07) is 12.8. The molecule has 0 aliphatic rings. The monoisotopic (exact) mass is 477 g/mol. The van der Waals surface area contributed by atoms with Gasteiger partial charge in [0.25, 0.3) is 5.91 Å². The van der Waals surface area contributed by atoms with Crippen molar-refractivity contribution in [1.82, 2.24) is 10.4 Å². The zero-order valence-electron chi connectivity index (χ0n) is 19.7. The summed E-state index contributed by atoms with van der Waals surface area (Å²) >= 11 is 0. The van der Waals surface area contributed by atoms with Crippen molar-refractivity contribution in [3.05, 3.63) is 72.4 Å². The summed E-state index contributed by atoms with van der Waals surface area (Å²) in [4.78, 5) is 28.1. The van der Waals surface area contributed by atoms with E-state index in [0.29, 0.717) is 41.4 Å². The van der Waals surface area contributed by atoms with Gasteiger partial charge in [-0.1, -0.05) is 24.3 Å². The summed E-state index contributed by atoms with van der Waals surface area (Å²) in [5.41, 5.74) is 4.53. The Balaban J connectivity index is 1.68. The molecule has 0 bridgehead atoms. The fourth-order valence-corrected chi connectivity index (χ4v) is 3.23. The third-order valence-electron chi connectivity index (χ3n) is 4.74. The number of ether oxygens (including phenoxy) is 4. The minimum Gasteiger partial charge on any atom is -0.490 e. The molecule has 0 aliphatic carbocycles. The van der Waals surface area contributed by atoms with Gasteiger partial charge in [0.15, 0.2) is 24.7 Å². The van der Waals surface area contributed by atoms with E-state index >= 15 is 0 Å². The van der Waals surface area contributed by atoms with Gasteiger partial charge in [0.1, 0.15) is 11.3 Å². The molecule has 0 aliphatic heterocycles. The maximum atomic E-state index is 12.2. The second-order valence-corrected chi connectivity index (χ2v) is 7.21. The average Bonchev–Trinajstić information content (AvgIpc) is 2.87. The average molecular weight is 478 g/mol. The van der Waals surface area contributed by atoms with E-state index in [1.165, 1.54) is 13.3 Å². The number of rotatable bonds is 12. The number of aromatic nitrogens is 1. The molecule has 182 valence electrons. The fraction of sp³-hybridized carbons (Fsp3) is 0.231. The number of hydrogen-bond acceptors (Lipinski definition) is 8. The van der Waals surface area contributed by atoms with Gasteiger partial charge in [-0.05, 0) is 43.2 Å². The number of allylic oxidation sites excluding steroid dienone is 1. The lowest BCUT2D eigenvalue weighted by Crippen LogP contribution is -2.24. The predicted octanol–water partition coefficient (Wildman–Crippen LogP) is 3.44. The molecule has 3 aromatic rings. The number of carbonyl (C=O) groups excluding carboxylic acids is 2. The number of hydrogen-bond donors (Lipinski definition) is 1. The van der Waals surface area contributed by atoms with Crippen LogP contribution in [0.4, 0.5) is 0 Å². The van der Waals surface area contributed by atoms with Crippen molar-refractivity contribution >= 4 is 29.0 Å². The molecular formula is C26H27N3O6. The highest BCUT2D eigenvalue weighted by Gasteiger charge is 2.15. The van der Waals surface area contributed by atoms with Crippen LogP contribution in [0.25, 0.3) is 10.9 Å². The highest BCUT2D eigenvalue weighted by atomic mass is 16.6. The molecule has 3 rings (SSSR count). The first-order valence-corrected chi connectivity index (χ1v) is 10.9. The maximum absolute atomic E-state index is 12.2. The quantitative estimate of drug-likeness (QED) is 0.184. The Kier molecular flexibility index (Phi) is 9.18. The van der Waals surface area contributed by atoms with Gasteiger partial charge in [-0.25, -0.2) is 10.2 Å². The lowest BCUT2D eigenvalue weighted by molar-refractivity contribution is -0.143. The van der Waals surface area contributed by atoms with E-state index in [1.807, 2.05) is 37.3 Å². The number of hydrazone groups is 1. The van der Waals surface area contributed by atoms with Gasteiger partial charge in [-0.15, -0.1) is 6.58 Å². The number of amides is 1. The Morgan fingerprint density at radius 2 is 1.91 bits per heavy atom. The van der Waals surface area contributed by atoms with Crippen LogP contribution in [0.1, 0.15) is 18.1 Å². The number of esters is 1. The molecule has 9 heteroatoms. The van der Waals surface area contributed by atoms with Crippen LogP contribution in [0.3, 0.4) is 0 Å². The van der Waals surface area contributed by atoms with Gasteiger partial charge >= 0.3 is 5.97 Å². The molecule has 1 aromatic heterocycles. The van der Waals surface area contributed by atoms with E-state index in [2.05, 4.69) is 26.8 Å². The Hall–Kier alpha value is -4.40. The van der Waals surface area contributed by atoms with Crippen molar-refractivity contribution < 1.29 is 28.5 Å². The van der Waals surface area contributed by atoms with E-state index in [9.17, 15) is 9.59 Å². The van der Waals surface area contributed by atoms with E-state index in [1.54, 1.807) is 24.4 Å². The Morgan fingerprint density at radius 1 is 1.09 bits per heavy atom. The van der Waals surface area contributed by atoms with Gasteiger partial charge < -0.3 is 18.9 Å². The number of nitrogens with one attached hydrogen (secondary N) is 1. The Morgan fingerprint density at radius 3 is 2.69 bits per heavy atom. The molecule has 1 N–H and O–H groups in total. The molecule has 2 aromatic carbocycles. The van der Waals surface area contributed by atoms with E-state index in [4.69, 9.17) is 14.2 Å². The molecule has 0 radical (unpaired) electrons. The van der Waals surface area contributed by atoms with E-state index in [0.717, 1.165) is 10.9 Å². The topological polar surface area (TPSA) is 108 Å². The lowest BCUT2D eigenvalue weighted by atomic mass is 10.1. The van der Waals surface area contributed by atoms with Gasteiger partial charge in [0.2, 0.25) is 0 Å². The molecule has 1 amide bonds. The lowest BCUT2D eigenvalue weighted by Gasteiger charge is -2.16. The number of carbonyl (C=O) groups is 2. The minimum absolute atomic E-state index is 0.223. The van der Waals surface area contributed by atoms with Crippen molar-refractivity contribution in [3.8, 4) is 17.2 Å². The maximum Gasteiger partial charge on any atom is 0.343 e. The van der Waals surface area contributed by atoms with Crippen molar-refractivity contribution in [2.75, 3.05) is 26.9 Å². The Labute approximate surface area is 203 Å². The predicted molar refractivity (Wildman–Crippen MR) is 132 cm³/mol. The van der Waals surface area contributed by atoms with E-state index in [-0.39, 0.29) is 13.2 Å². The van der Waals surface area contributed by atoms with Crippen LogP contribution in [0.2, 0.25) is 0 Å². The first-order chi connectivity index (χ1) is 17.0. The molecule has 0 saturated carbocycles. The number of benzene rings is 2. The van der Waals surface area contributed by atoms with Crippen LogP contribution in [-0.2, 0) is 20.7 Å². The summed E-state index contributed by atoms with van der Waals surface area (Å²) in [6.45, 7) is 5.52. The fourth-order valence-electron chi connectivity index (χ4n) is 3.23. The number of pyridine rings is 1. The molecule has 1 heterocycles. The van der Waals surface area contributed by atoms with Crippen LogP contribution in [0.15, 0.2) is 66.4 Å². The molecule has 0 atom stereocenters. The number of nitrogens with zero attached hydrogens (tertiary/aromatic N) is 2. The van der Waals surface area contributed by atoms with Crippen LogP contribution < -0.4 is 19.6 Å². The third kappa shape index (κ3) is 7.04. The largest absolute Gasteiger partial charge is 0.490 e. The molecule has 0 unspecified atom stereocenters. The summed E-state index contributed by atoms with van der Waals surface area (Å²) in [5.74, 6) is 0.446. The number of methoxy groups -OCH3 is 1. The Bertz CT molecular complexity index is 1220.